The van der Waals surface area contributed by atoms with E-state index < -0.39 is 5.92 Å². The standard InChI is InChI=1S/C15H15N3OS/c1-11-18-13(10-20-11)7-8-17-15(19)14(9-16)12-5-3-2-4-6-12/h2-6,10,14H,7-8H2,1H3,(H,17,19). The van der Waals surface area contributed by atoms with Crippen molar-refractivity contribution in [3.8, 4) is 6.07 Å². The van der Waals surface area contributed by atoms with Gasteiger partial charge in [0.1, 0.15) is 5.92 Å². The van der Waals surface area contributed by atoms with Gasteiger partial charge >= 0.3 is 0 Å². The van der Waals surface area contributed by atoms with Gasteiger partial charge in [-0.1, -0.05) is 30.3 Å². The Labute approximate surface area is 122 Å². The lowest BCUT2D eigenvalue weighted by atomic mass is 10.00. The minimum Gasteiger partial charge on any atom is -0.354 e. The molecule has 0 aliphatic rings. The van der Waals surface area contributed by atoms with Gasteiger partial charge in [0.2, 0.25) is 5.91 Å². The molecule has 0 fully saturated rings. The monoisotopic (exact) mass is 285 g/mol. The molecule has 4 nitrogen and oxygen atoms in total. The highest BCUT2D eigenvalue weighted by Gasteiger charge is 2.19. The number of aromatic nitrogens is 1. The molecule has 1 unspecified atom stereocenters. The zero-order valence-corrected chi connectivity index (χ0v) is 12.0. The average Bonchev–Trinajstić information content (AvgIpc) is 2.86. The first-order valence-electron chi connectivity index (χ1n) is 6.34. The molecule has 0 saturated heterocycles. The molecule has 2 rings (SSSR count). The average molecular weight is 285 g/mol. The number of thiazole rings is 1. The predicted molar refractivity (Wildman–Crippen MR) is 78.4 cm³/mol. The fraction of sp³-hybridized carbons (Fsp3) is 0.267. The number of amides is 1. The minimum absolute atomic E-state index is 0.259. The summed E-state index contributed by atoms with van der Waals surface area (Å²) in [6, 6.07) is 11.1. The summed E-state index contributed by atoms with van der Waals surface area (Å²) < 4.78 is 0. The lowest BCUT2D eigenvalue weighted by Gasteiger charge is -2.09. The summed E-state index contributed by atoms with van der Waals surface area (Å²) >= 11 is 1.59. The van der Waals surface area contributed by atoms with Crippen molar-refractivity contribution in [2.45, 2.75) is 19.3 Å². The van der Waals surface area contributed by atoms with E-state index in [9.17, 15) is 4.79 Å². The number of rotatable bonds is 5. The maximum absolute atomic E-state index is 12.0. The number of carbonyl (C=O) groups excluding carboxylic acids is 1. The van der Waals surface area contributed by atoms with E-state index in [0.29, 0.717) is 13.0 Å². The Balaban J connectivity index is 1.89. The second kappa shape index (κ2) is 6.83. The van der Waals surface area contributed by atoms with Gasteiger partial charge in [-0.2, -0.15) is 5.26 Å². The number of nitrogens with zero attached hydrogens (tertiary/aromatic N) is 2. The van der Waals surface area contributed by atoms with E-state index in [0.717, 1.165) is 16.3 Å². The lowest BCUT2D eigenvalue weighted by molar-refractivity contribution is -0.121. The highest BCUT2D eigenvalue weighted by atomic mass is 32.1. The molecule has 1 atom stereocenters. The number of hydrogen-bond acceptors (Lipinski definition) is 4. The quantitative estimate of drug-likeness (QED) is 0.917. The van der Waals surface area contributed by atoms with Gasteiger partial charge < -0.3 is 5.32 Å². The van der Waals surface area contributed by atoms with Crippen molar-refractivity contribution in [1.29, 1.82) is 5.26 Å². The smallest absolute Gasteiger partial charge is 0.241 e. The third-order valence-electron chi connectivity index (χ3n) is 2.87. The fourth-order valence-corrected chi connectivity index (χ4v) is 2.52. The summed E-state index contributed by atoms with van der Waals surface area (Å²) in [4.78, 5) is 16.4. The number of benzene rings is 1. The van der Waals surface area contributed by atoms with E-state index in [1.807, 2.05) is 36.6 Å². The van der Waals surface area contributed by atoms with Gasteiger partial charge in [-0.25, -0.2) is 4.98 Å². The molecule has 102 valence electrons. The van der Waals surface area contributed by atoms with Gasteiger partial charge in [-0.15, -0.1) is 11.3 Å². The molecular weight excluding hydrogens is 270 g/mol. The molecule has 0 saturated carbocycles. The van der Waals surface area contributed by atoms with Gasteiger partial charge in [0, 0.05) is 18.3 Å². The molecule has 2 aromatic rings. The zero-order valence-electron chi connectivity index (χ0n) is 11.2. The van der Waals surface area contributed by atoms with Gasteiger partial charge in [0.25, 0.3) is 0 Å². The highest BCUT2D eigenvalue weighted by Crippen LogP contribution is 2.14. The highest BCUT2D eigenvalue weighted by molar-refractivity contribution is 7.09. The van der Waals surface area contributed by atoms with Crippen molar-refractivity contribution in [3.63, 3.8) is 0 Å². The molecule has 1 heterocycles. The number of nitriles is 1. The number of hydrogen-bond donors (Lipinski definition) is 1. The van der Waals surface area contributed by atoms with E-state index in [1.54, 1.807) is 23.5 Å². The van der Waals surface area contributed by atoms with Crippen LogP contribution in [0.4, 0.5) is 0 Å². The second-order valence-corrected chi connectivity index (χ2v) is 5.43. The molecule has 1 aromatic carbocycles. The number of nitrogens with one attached hydrogen (secondary N) is 1. The van der Waals surface area contributed by atoms with Crippen LogP contribution in [0, 0.1) is 18.3 Å². The first kappa shape index (κ1) is 14.2. The molecule has 20 heavy (non-hydrogen) atoms. The molecule has 5 heteroatoms. The molecule has 1 amide bonds. The Morgan fingerprint density at radius 1 is 1.45 bits per heavy atom. The van der Waals surface area contributed by atoms with Crippen molar-refractivity contribution in [1.82, 2.24) is 10.3 Å². The van der Waals surface area contributed by atoms with Crippen LogP contribution in [-0.4, -0.2) is 17.4 Å². The Morgan fingerprint density at radius 3 is 2.80 bits per heavy atom. The van der Waals surface area contributed by atoms with Crippen LogP contribution < -0.4 is 5.32 Å². The normalized spacial score (nSPS) is 11.6. The van der Waals surface area contributed by atoms with Crippen LogP contribution in [-0.2, 0) is 11.2 Å². The van der Waals surface area contributed by atoms with E-state index in [1.165, 1.54) is 0 Å². The van der Waals surface area contributed by atoms with Gasteiger partial charge in [-0.05, 0) is 12.5 Å². The molecule has 0 spiro atoms. The van der Waals surface area contributed by atoms with Crippen molar-refractivity contribution < 1.29 is 4.79 Å². The Morgan fingerprint density at radius 2 is 2.20 bits per heavy atom. The summed E-state index contributed by atoms with van der Waals surface area (Å²) in [6.07, 6.45) is 0.684. The lowest BCUT2D eigenvalue weighted by Crippen LogP contribution is -2.30. The van der Waals surface area contributed by atoms with Crippen molar-refractivity contribution in [3.05, 3.63) is 52.0 Å². The molecule has 0 aliphatic carbocycles. The molecule has 0 radical (unpaired) electrons. The summed E-state index contributed by atoms with van der Waals surface area (Å²) in [7, 11) is 0. The topological polar surface area (TPSA) is 65.8 Å². The largest absolute Gasteiger partial charge is 0.354 e. The van der Waals surface area contributed by atoms with Crippen LogP contribution in [0.1, 0.15) is 22.2 Å². The van der Waals surface area contributed by atoms with Gasteiger partial charge in [0.15, 0.2) is 0 Å². The molecule has 0 aliphatic heterocycles. The van der Waals surface area contributed by atoms with Crippen LogP contribution in [0.2, 0.25) is 0 Å². The van der Waals surface area contributed by atoms with Crippen LogP contribution >= 0.6 is 11.3 Å². The fourth-order valence-electron chi connectivity index (χ4n) is 1.87. The van der Waals surface area contributed by atoms with Crippen molar-refractivity contribution >= 4 is 17.2 Å². The summed E-state index contributed by atoms with van der Waals surface area (Å²) in [5.41, 5.74) is 1.69. The summed E-state index contributed by atoms with van der Waals surface area (Å²) in [6.45, 7) is 2.45. The van der Waals surface area contributed by atoms with E-state index in [4.69, 9.17) is 5.26 Å². The van der Waals surface area contributed by atoms with E-state index in [2.05, 4.69) is 10.3 Å². The first-order chi connectivity index (χ1) is 9.70. The van der Waals surface area contributed by atoms with Crippen LogP contribution in [0.5, 0.6) is 0 Å². The number of carbonyl (C=O) groups is 1. The predicted octanol–water partition coefficient (Wildman–Crippen LogP) is 2.42. The molecule has 0 bridgehead atoms. The van der Waals surface area contributed by atoms with Crippen molar-refractivity contribution in [2.75, 3.05) is 6.54 Å². The second-order valence-electron chi connectivity index (χ2n) is 4.37. The molecular formula is C15H15N3OS. The molecule has 1 aromatic heterocycles. The Hall–Kier alpha value is -2.19. The Kier molecular flexibility index (Phi) is 4.85. The number of aryl methyl sites for hydroxylation is 1. The molecule has 1 N–H and O–H groups in total. The maximum Gasteiger partial charge on any atom is 0.241 e. The van der Waals surface area contributed by atoms with Crippen LogP contribution in [0.15, 0.2) is 35.7 Å². The minimum atomic E-state index is -0.756. The van der Waals surface area contributed by atoms with E-state index in [-0.39, 0.29) is 5.91 Å². The maximum atomic E-state index is 12.0. The first-order valence-corrected chi connectivity index (χ1v) is 7.22. The zero-order chi connectivity index (χ0) is 14.4. The third kappa shape index (κ3) is 3.65. The van der Waals surface area contributed by atoms with Crippen molar-refractivity contribution in [2.24, 2.45) is 0 Å². The van der Waals surface area contributed by atoms with Gasteiger partial charge in [-0.3, -0.25) is 4.79 Å². The van der Waals surface area contributed by atoms with Crippen LogP contribution in [0.3, 0.4) is 0 Å². The SMILES string of the molecule is Cc1nc(CCNC(=O)C(C#N)c2ccccc2)cs1. The van der Waals surface area contributed by atoms with Crippen LogP contribution in [0.25, 0.3) is 0 Å². The summed E-state index contributed by atoms with van der Waals surface area (Å²) in [5, 5.41) is 14.9. The van der Waals surface area contributed by atoms with Gasteiger partial charge in [0.05, 0.1) is 16.8 Å². The third-order valence-corrected chi connectivity index (χ3v) is 3.69. The van der Waals surface area contributed by atoms with E-state index >= 15 is 0 Å². The summed E-state index contributed by atoms with van der Waals surface area (Å²) in [5.74, 6) is -1.01. The Bertz CT molecular complexity index is 616.